The van der Waals surface area contributed by atoms with Gasteiger partial charge in [-0.2, -0.15) is 0 Å². The lowest BCUT2D eigenvalue weighted by Gasteiger charge is -2.05. The summed E-state index contributed by atoms with van der Waals surface area (Å²) in [6, 6.07) is 14.5. The van der Waals surface area contributed by atoms with Gasteiger partial charge in [0.15, 0.2) is 0 Å². The zero-order valence-electron chi connectivity index (χ0n) is 11.7. The molecule has 0 radical (unpaired) electrons. The number of aliphatic carboxylic acids is 1. The van der Waals surface area contributed by atoms with Gasteiger partial charge < -0.3 is 9.84 Å². The van der Waals surface area contributed by atoms with Crippen LogP contribution in [0.25, 0.3) is 17.2 Å². The Bertz CT molecular complexity index is 710. The van der Waals surface area contributed by atoms with E-state index in [0.29, 0.717) is 5.75 Å². The molecule has 0 saturated heterocycles. The number of hydrogen-bond acceptors (Lipinski definition) is 3. The minimum Gasteiger partial charge on any atom is -0.478 e. The monoisotopic (exact) mass is 294 g/mol. The number of benzene rings is 2. The average Bonchev–Trinajstić information content (AvgIpc) is 2.54. The highest BCUT2D eigenvalue weighted by atomic mass is 16.5. The lowest BCUT2D eigenvalue weighted by Crippen LogP contribution is -2.02. The second-order valence-electron chi connectivity index (χ2n) is 4.44. The van der Waals surface area contributed by atoms with Crippen molar-refractivity contribution in [2.24, 2.45) is 0 Å². The lowest BCUT2D eigenvalue weighted by molar-refractivity contribution is -0.131. The standard InChI is InChI=1S/C18H14O4/c1-2-18(21)22-16-10-8-15(9-11-16)14-6-3-13(4-7-14)5-12-17(19)20/h2-12H,1H2,(H,19,20)/b12-5+. The predicted molar refractivity (Wildman–Crippen MR) is 84.4 cm³/mol. The Labute approximate surface area is 128 Å². The highest BCUT2D eigenvalue weighted by Gasteiger charge is 2.01. The fourth-order valence-corrected chi connectivity index (χ4v) is 1.83. The number of carbonyl (C=O) groups is 2. The van der Waals surface area contributed by atoms with Crippen molar-refractivity contribution >= 4 is 18.0 Å². The van der Waals surface area contributed by atoms with E-state index < -0.39 is 11.9 Å². The highest BCUT2D eigenvalue weighted by molar-refractivity contribution is 5.85. The first kappa shape index (κ1) is 15.3. The van der Waals surface area contributed by atoms with Gasteiger partial charge in [-0.05, 0) is 34.9 Å². The summed E-state index contributed by atoms with van der Waals surface area (Å²) in [5, 5.41) is 8.58. The van der Waals surface area contributed by atoms with Gasteiger partial charge in [-0.15, -0.1) is 0 Å². The molecule has 4 heteroatoms. The van der Waals surface area contributed by atoms with Crippen molar-refractivity contribution in [2.75, 3.05) is 0 Å². The normalized spacial score (nSPS) is 10.4. The van der Waals surface area contributed by atoms with E-state index in [1.807, 2.05) is 36.4 Å². The molecule has 0 amide bonds. The molecule has 0 saturated carbocycles. The number of carbonyl (C=O) groups excluding carboxylic acids is 1. The minimum atomic E-state index is -0.978. The van der Waals surface area contributed by atoms with E-state index >= 15 is 0 Å². The third-order valence-electron chi connectivity index (χ3n) is 2.90. The number of carboxylic acids is 1. The van der Waals surface area contributed by atoms with Gasteiger partial charge in [-0.3, -0.25) is 0 Å². The van der Waals surface area contributed by atoms with E-state index in [2.05, 4.69) is 6.58 Å². The maximum absolute atomic E-state index is 11.1. The smallest absolute Gasteiger partial charge is 0.335 e. The average molecular weight is 294 g/mol. The van der Waals surface area contributed by atoms with Gasteiger partial charge in [-0.1, -0.05) is 43.0 Å². The molecular formula is C18H14O4. The molecule has 4 nitrogen and oxygen atoms in total. The molecule has 22 heavy (non-hydrogen) atoms. The first-order chi connectivity index (χ1) is 10.6. The summed E-state index contributed by atoms with van der Waals surface area (Å²) in [5.74, 6) is -1.02. The van der Waals surface area contributed by atoms with E-state index in [-0.39, 0.29) is 0 Å². The number of rotatable bonds is 5. The summed E-state index contributed by atoms with van der Waals surface area (Å²) in [5.41, 5.74) is 2.75. The topological polar surface area (TPSA) is 63.6 Å². The van der Waals surface area contributed by atoms with E-state index in [1.165, 1.54) is 6.08 Å². The first-order valence-corrected chi connectivity index (χ1v) is 6.54. The van der Waals surface area contributed by atoms with Crippen LogP contribution in [-0.4, -0.2) is 17.0 Å². The minimum absolute atomic E-state index is 0.453. The van der Waals surface area contributed by atoms with Crippen LogP contribution in [0.4, 0.5) is 0 Å². The number of hydrogen-bond donors (Lipinski definition) is 1. The fraction of sp³-hybridized carbons (Fsp3) is 0. The maximum Gasteiger partial charge on any atom is 0.335 e. The molecule has 0 atom stereocenters. The third-order valence-corrected chi connectivity index (χ3v) is 2.90. The van der Waals surface area contributed by atoms with Gasteiger partial charge in [0.1, 0.15) is 5.75 Å². The van der Waals surface area contributed by atoms with Gasteiger partial charge >= 0.3 is 11.9 Å². The van der Waals surface area contributed by atoms with E-state index in [4.69, 9.17) is 9.84 Å². The molecule has 0 aliphatic heterocycles. The second-order valence-corrected chi connectivity index (χ2v) is 4.44. The molecule has 0 aromatic heterocycles. The molecule has 0 aliphatic carbocycles. The quantitative estimate of drug-likeness (QED) is 0.520. The van der Waals surface area contributed by atoms with Crippen LogP contribution >= 0.6 is 0 Å². The summed E-state index contributed by atoms with van der Waals surface area (Å²) in [6.45, 7) is 3.34. The molecule has 2 aromatic carbocycles. The van der Waals surface area contributed by atoms with Crippen LogP contribution in [0.15, 0.2) is 67.3 Å². The van der Waals surface area contributed by atoms with Gasteiger partial charge in [0.05, 0.1) is 0 Å². The largest absolute Gasteiger partial charge is 0.478 e. The van der Waals surface area contributed by atoms with Crippen molar-refractivity contribution in [3.63, 3.8) is 0 Å². The molecule has 0 aliphatic rings. The van der Waals surface area contributed by atoms with Gasteiger partial charge in [-0.25, -0.2) is 9.59 Å². The van der Waals surface area contributed by atoms with Gasteiger partial charge in [0.25, 0.3) is 0 Å². The SMILES string of the molecule is C=CC(=O)Oc1ccc(-c2ccc(/C=C/C(=O)O)cc2)cc1. The van der Waals surface area contributed by atoms with Crippen LogP contribution < -0.4 is 4.74 Å². The molecule has 1 N–H and O–H groups in total. The maximum atomic E-state index is 11.1. The molecule has 0 spiro atoms. The third kappa shape index (κ3) is 4.18. The van der Waals surface area contributed by atoms with E-state index in [0.717, 1.165) is 28.8 Å². The van der Waals surface area contributed by atoms with E-state index in [9.17, 15) is 9.59 Å². The molecular weight excluding hydrogens is 280 g/mol. The Morgan fingerprint density at radius 2 is 1.50 bits per heavy atom. The van der Waals surface area contributed by atoms with Gasteiger partial charge in [0.2, 0.25) is 0 Å². The van der Waals surface area contributed by atoms with Crippen LogP contribution in [0.2, 0.25) is 0 Å². The van der Waals surface area contributed by atoms with Crippen LogP contribution in [0.3, 0.4) is 0 Å². The molecule has 0 bridgehead atoms. The molecule has 0 heterocycles. The number of carboxylic acid groups (broad SMARTS) is 1. The number of ether oxygens (including phenoxy) is 1. The highest BCUT2D eigenvalue weighted by Crippen LogP contribution is 2.23. The lowest BCUT2D eigenvalue weighted by atomic mass is 10.0. The zero-order valence-corrected chi connectivity index (χ0v) is 11.7. The Kier molecular flexibility index (Phi) is 4.88. The summed E-state index contributed by atoms with van der Waals surface area (Å²) in [6.07, 6.45) is 3.74. The Morgan fingerprint density at radius 3 is 2.00 bits per heavy atom. The first-order valence-electron chi connectivity index (χ1n) is 6.54. The fourth-order valence-electron chi connectivity index (χ4n) is 1.83. The molecule has 2 aromatic rings. The summed E-state index contributed by atoms with van der Waals surface area (Å²) in [7, 11) is 0. The van der Waals surface area contributed by atoms with Crippen molar-refractivity contribution in [2.45, 2.75) is 0 Å². The Morgan fingerprint density at radius 1 is 0.955 bits per heavy atom. The molecule has 2 rings (SSSR count). The van der Waals surface area contributed by atoms with Crippen molar-refractivity contribution in [1.82, 2.24) is 0 Å². The molecule has 0 unspecified atom stereocenters. The van der Waals surface area contributed by atoms with Crippen molar-refractivity contribution in [3.8, 4) is 16.9 Å². The Hall–Kier alpha value is -3.14. The predicted octanol–water partition coefficient (Wildman–Crippen LogP) is 3.54. The van der Waals surface area contributed by atoms with Crippen molar-refractivity contribution in [3.05, 3.63) is 72.8 Å². The molecule has 0 fully saturated rings. The summed E-state index contributed by atoms with van der Waals surface area (Å²) in [4.78, 5) is 21.6. The molecule has 110 valence electrons. The van der Waals surface area contributed by atoms with Crippen LogP contribution in [0.1, 0.15) is 5.56 Å². The van der Waals surface area contributed by atoms with Crippen LogP contribution in [0.5, 0.6) is 5.75 Å². The summed E-state index contributed by atoms with van der Waals surface area (Å²) >= 11 is 0. The summed E-state index contributed by atoms with van der Waals surface area (Å²) < 4.78 is 5.01. The zero-order chi connectivity index (χ0) is 15.9. The number of esters is 1. The van der Waals surface area contributed by atoms with Crippen LogP contribution in [0, 0.1) is 0 Å². The Balaban J connectivity index is 2.13. The van der Waals surface area contributed by atoms with Crippen molar-refractivity contribution < 1.29 is 19.4 Å². The van der Waals surface area contributed by atoms with Gasteiger partial charge in [0, 0.05) is 12.2 Å². The van der Waals surface area contributed by atoms with Crippen molar-refractivity contribution in [1.29, 1.82) is 0 Å². The second kappa shape index (κ2) is 7.04. The van der Waals surface area contributed by atoms with E-state index in [1.54, 1.807) is 12.1 Å². The van der Waals surface area contributed by atoms with Crippen LogP contribution in [-0.2, 0) is 9.59 Å².